The van der Waals surface area contributed by atoms with Crippen LogP contribution in [0.2, 0.25) is 0 Å². The van der Waals surface area contributed by atoms with Crippen LogP contribution >= 0.6 is 0 Å². The Morgan fingerprint density at radius 1 is 1.56 bits per heavy atom. The normalized spacial score (nSPS) is 9.62. The highest BCUT2D eigenvalue weighted by Crippen LogP contribution is 2.23. The number of phenolic OH excluding ortho intramolecular Hbond substituents is 1. The van der Waals surface area contributed by atoms with E-state index in [-0.39, 0.29) is 17.2 Å². The van der Waals surface area contributed by atoms with E-state index in [2.05, 4.69) is 11.9 Å². The minimum absolute atomic E-state index is 0.0986. The average molecular weight is 221 g/mol. The second kappa shape index (κ2) is 5.21. The van der Waals surface area contributed by atoms with E-state index in [9.17, 15) is 9.90 Å². The third-order valence-corrected chi connectivity index (χ3v) is 2.00. The zero-order valence-corrected chi connectivity index (χ0v) is 9.41. The minimum atomic E-state index is -0.330. The van der Waals surface area contributed by atoms with Gasteiger partial charge in [-0.25, -0.2) is 0 Å². The molecule has 1 amide bonds. The van der Waals surface area contributed by atoms with Crippen molar-refractivity contribution in [2.24, 2.45) is 0 Å². The van der Waals surface area contributed by atoms with Crippen molar-refractivity contribution in [3.63, 3.8) is 0 Å². The van der Waals surface area contributed by atoms with E-state index < -0.39 is 0 Å². The standard InChI is InChI=1S/C12H15NO3/c1-8(2)7-13-12(15)10-5-4-9(16-3)6-11(10)14/h4-6,14H,1,7H2,2-3H3,(H,13,15). The van der Waals surface area contributed by atoms with Crippen molar-refractivity contribution in [2.75, 3.05) is 13.7 Å². The van der Waals surface area contributed by atoms with Gasteiger partial charge in [-0.05, 0) is 19.1 Å². The molecule has 2 N–H and O–H groups in total. The summed E-state index contributed by atoms with van der Waals surface area (Å²) in [5.41, 5.74) is 1.07. The van der Waals surface area contributed by atoms with Crippen LogP contribution < -0.4 is 10.1 Å². The number of methoxy groups -OCH3 is 1. The van der Waals surface area contributed by atoms with Crippen LogP contribution in [0.15, 0.2) is 30.4 Å². The van der Waals surface area contributed by atoms with Crippen LogP contribution in [0.1, 0.15) is 17.3 Å². The van der Waals surface area contributed by atoms with E-state index in [0.717, 1.165) is 5.57 Å². The molecular weight excluding hydrogens is 206 g/mol. The number of benzene rings is 1. The number of amides is 1. The highest BCUT2D eigenvalue weighted by Gasteiger charge is 2.11. The summed E-state index contributed by atoms with van der Waals surface area (Å²) in [6, 6.07) is 4.53. The fourth-order valence-electron chi connectivity index (χ4n) is 1.16. The molecule has 1 aromatic carbocycles. The number of aromatic hydroxyl groups is 1. The molecular formula is C12H15NO3. The monoisotopic (exact) mass is 221 g/mol. The molecule has 0 radical (unpaired) electrons. The van der Waals surface area contributed by atoms with Gasteiger partial charge in [0.1, 0.15) is 11.5 Å². The number of carbonyl (C=O) groups is 1. The molecule has 0 saturated heterocycles. The fourth-order valence-corrected chi connectivity index (χ4v) is 1.16. The molecule has 0 heterocycles. The number of ether oxygens (including phenoxy) is 1. The summed E-state index contributed by atoms with van der Waals surface area (Å²) in [6.45, 7) is 5.88. The molecule has 1 aromatic rings. The van der Waals surface area contributed by atoms with Crippen molar-refractivity contribution in [3.8, 4) is 11.5 Å². The second-order valence-electron chi connectivity index (χ2n) is 3.52. The third kappa shape index (κ3) is 3.02. The van der Waals surface area contributed by atoms with Crippen molar-refractivity contribution < 1.29 is 14.6 Å². The lowest BCUT2D eigenvalue weighted by atomic mass is 10.1. The summed E-state index contributed by atoms with van der Waals surface area (Å²) in [4.78, 5) is 11.6. The molecule has 0 atom stereocenters. The van der Waals surface area contributed by atoms with Crippen LogP contribution in [-0.2, 0) is 0 Å². The van der Waals surface area contributed by atoms with E-state index in [0.29, 0.717) is 12.3 Å². The summed E-state index contributed by atoms with van der Waals surface area (Å²) in [5, 5.41) is 12.2. The molecule has 1 rings (SSSR count). The Balaban J connectivity index is 2.79. The number of nitrogens with one attached hydrogen (secondary N) is 1. The topological polar surface area (TPSA) is 58.6 Å². The largest absolute Gasteiger partial charge is 0.507 e. The van der Waals surface area contributed by atoms with Gasteiger partial charge in [-0.3, -0.25) is 4.79 Å². The molecule has 0 aliphatic rings. The smallest absolute Gasteiger partial charge is 0.255 e. The average Bonchev–Trinajstić information content (AvgIpc) is 2.25. The molecule has 4 nitrogen and oxygen atoms in total. The third-order valence-electron chi connectivity index (χ3n) is 2.00. The van der Waals surface area contributed by atoms with Gasteiger partial charge in [-0.1, -0.05) is 12.2 Å². The van der Waals surface area contributed by atoms with Gasteiger partial charge in [0, 0.05) is 12.6 Å². The molecule has 0 saturated carbocycles. The Morgan fingerprint density at radius 3 is 2.75 bits per heavy atom. The van der Waals surface area contributed by atoms with E-state index in [1.807, 2.05) is 6.92 Å². The summed E-state index contributed by atoms with van der Waals surface area (Å²) < 4.78 is 4.92. The van der Waals surface area contributed by atoms with Gasteiger partial charge < -0.3 is 15.2 Å². The van der Waals surface area contributed by atoms with Gasteiger partial charge in [-0.15, -0.1) is 0 Å². The minimum Gasteiger partial charge on any atom is -0.507 e. The molecule has 86 valence electrons. The Kier molecular flexibility index (Phi) is 3.94. The van der Waals surface area contributed by atoms with Gasteiger partial charge in [0.25, 0.3) is 5.91 Å². The summed E-state index contributed by atoms with van der Waals surface area (Å²) >= 11 is 0. The van der Waals surface area contributed by atoms with Crippen LogP contribution in [0, 0.1) is 0 Å². The van der Waals surface area contributed by atoms with Crippen molar-refractivity contribution in [3.05, 3.63) is 35.9 Å². The fraction of sp³-hybridized carbons (Fsp3) is 0.250. The van der Waals surface area contributed by atoms with Crippen LogP contribution in [0.25, 0.3) is 0 Å². The highest BCUT2D eigenvalue weighted by atomic mass is 16.5. The summed E-state index contributed by atoms with van der Waals surface area (Å²) in [6.07, 6.45) is 0. The Hall–Kier alpha value is -1.97. The molecule has 0 bridgehead atoms. The lowest BCUT2D eigenvalue weighted by Crippen LogP contribution is -2.24. The SMILES string of the molecule is C=C(C)CNC(=O)c1ccc(OC)cc1O. The Labute approximate surface area is 94.6 Å². The lowest BCUT2D eigenvalue weighted by Gasteiger charge is -2.07. The number of phenols is 1. The molecule has 0 aliphatic carbocycles. The van der Waals surface area contributed by atoms with Gasteiger partial charge in [-0.2, -0.15) is 0 Å². The van der Waals surface area contributed by atoms with Crippen LogP contribution in [0.4, 0.5) is 0 Å². The highest BCUT2D eigenvalue weighted by molar-refractivity contribution is 5.97. The van der Waals surface area contributed by atoms with Crippen LogP contribution in [0.3, 0.4) is 0 Å². The Morgan fingerprint density at radius 2 is 2.25 bits per heavy atom. The number of carbonyl (C=O) groups excluding carboxylic acids is 1. The summed E-state index contributed by atoms with van der Waals surface area (Å²) in [5.74, 6) is 0.0793. The molecule has 0 spiro atoms. The maximum absolute atomic E-state index is 11.6. The molecule has 0 fully saturated rings. The van der Waals surface area contributed by atoms with Gasteiger partial charge in [0.05, 0.1) is 12.7 Å². The quantitative estimate of drug-likeness (QED) is 0.761. The molecule has 16 heavy (non-hydrogen) atoms. The number of rotatable bonds is 4. The predicted molar refractivity (Wildman–Crippen MR) is 61.8 cm³/mol. The predicted octanol–water partition coefficient (Wildman–Crippen LogP) is 1.71. The Bertz CT molecular complexity index is 413. The second-order valence-corrected chi connectivity index (χ2v) is 3.52. The first-order valence-electron chi connectivity index (χ1n) is 4.84. The van der Waals surface area contributed by atoms with Gasteiger partial charge in [0.15, 0.2) is 0 Å². The number of hydrogen-bond donors (Lipinski definition) is 2. The van der Waals surface area contributed by atoms with Crippen LogP contribution in [-0.4, -0.2) is 24.7 Å². The first-order chi connectivity index (χ1) is 7.54. The molecule has 0 aromatic heterocycles. The van der Waals surface area contributed by atoms with Crippen LogP contribution in [0.5, 0.6) is 11.5 Å². The first-order valence-corrected chi connectivity index (χ1v) is 4.84. The van der Waals surface area contributed by atoms with Crippen molar-refractivity contribution in [2.45, 2.75) is 6.92 Å². The van der Waals surface area contributed by atoms with E-state index in [1.54, 1.807) is 6.07 Å². The van der Waals surface area contributed by atoms with E-state index >= 15 is 0 Å². The van der Waals surface area contributed by atoms with Crippen molar-refractivity contribution in [1.29, 1.82) is 0 Å². The maximum atomic E-state index is 11.6. The molecule has 4 heteroatoms. The van der Waals surface area contributed by atoms with Gasteiger partial charge in [0.2, 0.25) is 0 Å². The molecule has 0 unspecified atom stereocenters. The molecule has 0 aliphatic heterocycles. The number of hydrogen-bond acceptors (Lipinski definition) is 3. The zero-order chi connectivity index (χ0) is 12.1. The van der Waals surface area contributed by atoms with Gasteiger partial charge >= 0.3 is 0 Å². The summed E-state index contributed by atoms with van der Waals surface area (Å²) in [7, 11) is 1.50. The zero-order valence-electron chi connectivity index (χ0n) is 9.41. The maximum Gasteiger partial charge on any atom is 0.255 e. The van der Waals surface area contributed by atoms with Crippen molar-refractivity contribution >= 4 is 5.91 Å². The lowest BCUT2D eigenvalue weighted by molar-refractivity contribution is 0.0954. The first kappa shape index (κ1) is 12.1. The van der Waals surface area contributed by atoms with E-state index in [4.69, 9.17) is 4.74 Å². The van der Waals surface area contributed by atoms with Crippen molar-refractivity contribution in [1.82, 2.24) is 5.32 Å². The van der Waals surface area contributed by atoms with E-state index in [1.165, 1.54) is 19.2 Å².